The summed E-state index contributed by atoms with van der Waals surface area (Å²) in [5, 5.41) is 11.5. The van der Waals surface area contributed by atoms with Crippen LogP contribution in [0.1, 0.15) is 14.5 Å². The molecular formula is C10H10N2O2S2. The van der Waals surface area contributed by atoms with Crippen LogP contribution in [0.4, 0.5) is 5.13 Å². The number of nitrogens with zero attached hydrogens (tertiary/aromatic N) is 2. The molecule has 84 valence electrons. The summed E-state index contributed by atoms with van der Waals surface area (Å²) in [7, 11) is 1.91. The van der Waals surface area contributed by atoms with Gasteiger partial charge >= 0.3 is 5.97 Å². The van der Waals surface area contributed by atoms with E-state index in [9.17, 15) is 4.79 Å². The zero-order chi connectivity index (χ0) is 11.5. The molecular weight excluding hydrogens is 244 g/mol. The number of anilines is 1. The fourth-order valence-corrected chi connectivity index (χ4v) is 2.72. The van der Waals surface area contributed by atoms with E-state index in [2.05, 4.69) is 4.98 Å². The number of carboxylic acids is 1. The van der Waals surface area contributed by atoms with Gasteiger partial charge < -0.3 is 10.0 Å². The molecule has 4 nitrogen and oxygen atoms in total. The summed E-state index contributed by atoms with van der Waals surface area (Å²) in [4.78, 5) is 18.2. The molecule has 0 radical (unpaired) electrons. The number of carboxylic acid groups (broad SMARTS) is 1. The number of carbonyl (C=O) groups is 1. The fraction of sp³-hybridized carbons (Fsp3) is 0.200. The van der Waals surface area contributed by atoms with Crippen molar-refractivity contribution >= 4 is 33.8 Å². The van der Waals surface area contributed by atoms with Crippen molar-refractivity contribution in [3.63, 3.8) is 0 Å². The number of hydrogen-bond acceptors (Lipinski definition) is 5. The second kappa shape index (κ2) is 4.63. The molecule has 0 saturated carbocycles. The van der Waals surface area contributed by atoms with Crippen LogP contribution in [0, 0.1) is 0 Å². The molecule has 2 aromatic rings. The Morgan fingerprint density at radius 1 is 1.62 bits per heavy atom. The average Bonchev–Trinajstić information content (AvgIpc) is 2.86. The normalized spacial score (nSPS) is 10.3. The van der Waals surface area contributed by atoms with Crippen molar-refractivity contribution in [3.05, 3.63) is 33.5 Å². The first kappa shape index (κ1) is 11.1. The molecule has 2 aromatic heterocycles. The van der Waals surface area contributed by atoms with Gasteiger partial charge in [0.05, 0.1) is 12.7 Å². The molecule has 0 saturated heterocycles. The van der Waals surface area contributed by atoms with Crippen molar-refractivity contribution in [3.8, 4) is 0 Å². The van der Waals surface area contributed by atoms with Crippen molar-refractivity contribution in [2.24, 2.45) is 0 Å². The Balaban J connectivity index is 2.08. The molecule has 0 fully saturated rings. The summed E-state index contributed by atoms with van der Waals surface area (Å²) in [5.74, 6) is -0.923. The third-order valence-electron chi connectivity index (χ3n) is 2.00. The number of thiophene rings is 1. The molecule has 16 heavy (non-hydrogen) atoms. The van der Waals surface area contributed by atoms with Gasteiger partial charge in [-0.15, -0.1) is 11.3 Å². The van der Waals surface area contributed by atoms with Gasteiger partial charge in [-0.05, 0) is 11.4 Å². The molecule has 2 rings (SSSR count). The summed E-state index contributed by atoms with van der Waals surface area (Å²) in [6.07, 6.45) is 1.40. The molecule has 6 heteroatoms. The first-order chi connectivity index (χ1) is 7.66. The molecule has 0 aliphatic carbocycles. The van der Waals surface area contributed by atoms with Crippen LogP contribution in [-0.2, 0) is 6.54 Å². The van der Waals surface area contributed by atoms with Crippen molar-refractivity contribution < 1.29 is 9.90 Å². The van der Waals surface area contributed by atoms with Crippen LogP contribution >= 0.6 is 22.7 Å². The van der Waals surface area contributed by atoms with Gasteiger partial charge in [0, 0.05) is 11.9 Å². The minimum atomic E-state index is -0.923. The van der Waals surface area contributed by atoms with E-state index in [-0.39, 0.29) is 4.88 Å². The van der Waals surface area contributed by atoms with Crippen molar-refractivity contribution in [1.29, 1.82) is 0 Å². The van der Waals surface area contributed by atoms with Gasteiger partial charge in [-0.2, -0.15) is 0 Å². The van der Waals surface area contributed by atoms with Crippen LogP contribution in [-0.4, -0.2) is 23.1 Å². The summed E-state index contributed by atoms with van der Waals surface area (Å²) in [5.41, 5.74) is 0. The lowest BCUT2D eigenvalue weighted by atomic mass is 10.4. The molecule has 0 unspecified atom stereocenters. The van der Waals surface area contributed by atoms with Gasteiger partial charge in [0.2, 0.25) is 0 Å². The van der Waals surface area contributed by atoms with Crippen molar-refractivity contribution in [2.75, 3.05) is 11.9 Å². The third-order valence-corrected chi connectivity index (χ3v) is 3.96. The van der Waals surface area contributed by atoms with Crippen LogP contribution < -0.4 is 4.90 Å². The van der Waals surface area contributed by atoms with Crippen molar-refractivity contribution in [1.82, 2.24) is 4.98 Å². The van der Waals surface area contributed by atoms with Crippen molar-refractivity contribution in [2.45, 2.75) is 6.54 Å². The Morgan fingerprint density at radius 3 is 3.00 bits per heavy atom. The van der Waals surface area contributed by atoms with Crippen LogP contribution in [0.2, 0.25) is 0 Å². The molecule has 0 aliphatic rings. The quantitative estimate of drug-likeness (QED) is 0.911. The lowest BCUT2D eigenvalue weighted by Gasteiger charge is -2.13. The monoisotopic (exact) mass is 254 g/mol. The topological polar surface area (TPSA) is 53.4 Å². The predicted molar refractivity (Wildman–Crippen MR) is 65.5 cm³/mol. The zero-order valence-electron chi connectivity index (χ0n) is 8.58. The molecule has 0 amide bonds. The SMILES string of the molecule is CN(Cc1cccs1)c1ncc(C(=O)O)s1. The van der Waals surface area contributed by atoms with Crippen LogP contribution in [0.25, 0.3) is 0 Å². The zero-order valence-corrected chi connectivity index (χ0v) is 10.2. The van der Waals surface area contributed by atoms with Gasteiger partial charge in [0.15, 0.2) is 5.13 Å². The Morgan fingerprint density at radius 2 is 2.44 bits per heavy atom. The van der Waals surface area contributed by atoms with Gasteiger partial charge in [-0.3, -0.25) is 0 Å². The number of aromatic carboxylic acids is 1. The highest BCUT2D eigenvalue weighted by Gasteiger charge is 2.11. The Hall–Kier alpha value is -1.40. The van der Waals surface area contributed by atoms with E-state index in [1.807, 2.05) is 29.5 Å². The Kier molecular flexibility index (Phi) is 3.21. The summed E-state index contributed by atoms with van der Waals surface area (Å²) in [6.45, 7) is 0.754. The minimum Gasteiger partial charge on any atom is -0.477 e. The molecule has 2 heterocycles. The number of thiazole rings is 1. The molecule has 0 aromatic carbocycles. The number of aromatic nitrogens is 1. The summed E-state index contributed by atoms with van der Waals surface area (Å²) >= 11 is 2.87. The number of rotatable bonds is 4. The largest absolute Gasteiger partial charge is 0.477 e. The maximum atomic E-state index is 10.7. The summed E-state index contributed by atoms with van der Waals surface area (Å²) in [6, 6.07) is 4.05. The highest BCUT2D eigenvalue weighted by Crippen LogP contribution is 2.23. The molecule has 0 aliphatic heterocycles. The van der Waals surface area contributed by atoms with Gasteiger partial charge in [-0.1, -0.05) is 17.4 Å². The second-order valence-corrected chi connectivity index (χ2v) is 5.29. The Bertz CT molecular complexity index is 479. The highest BCUT2D eigenvalue weighted by molar-refractivity contribution is 7.17. The van der Waals surface area contributed by atoms with Crippen LogP contribution in [0.5, 0.6) is 0 Å². The Labute approximate surface area is 101 Å². The van der Waals surface area contributed by atoms with E-state index in [0.29, 0.717) is 0 Å². The van der Waals surface area contributed by atoms with E-state index < -0.39 is 5.97 Å². The second-order valence-electron chi connectivity index (χ2n) is 3.25. The third kappa shape index (κ3) is 2.40. The van der Waals surface area contributed by atoms with Crippen LogP contribution in [0.15, 0.2) is 23.7 Å². The molecule has 0 spiro atoms. The van der Waals surface area contributed by atoms with E-state index in [1.165, 1.54) is 22.4 Å². The first-order valence-corrected chi connectivity index (χ1v) is 6.29. The minimum absolute atomic E-state index is 0.271. The van der Waals surface area contributed by atoms with E-state index in [1.54, 1.807) is 11.3 Å². The van der Waals surface area contributed by atoms with Gasteiger partial charge in [0.1, 0.15) is 4.88 Å². The average molecular weight is 254 g/mol. The number of hydrogen-bond donors (Lipinski definition) is 1. The lowest BCUT2D eigenvalue weighted by molar-refractivity contribution is 0.0702. The maximum absolute atomic E-state index is 10.7. The fourth-order valence-electron chi connectivity index (χ4n) is 1.24. The first-order valence-electron chi connectivity index (χ1n) is 4.59. The predicted octanol–water partition coefficient (Wildman–Crippen LogP) is 2.54. The highest BCUT2D eigenvalue weighted by atomic mass is 32.1. The molecule has 1 N–H and O–H groups in total. The van der Waals surface area contributed by atoms with E-state index in [4.69, 9.17) is 5.11 Å². The molecule has 0 atom stereocenters. The summed E-state index contributed by atoms with van der Waals surface area (Å²) < 4.78 is 0. The van der Waals surface area contributed by atoms with E-state index >= 15 is 0 Å². The maximum Gasteiger partial charge on any atom is 0.347 e. The van der Waals surface area contributed by atoms with Gasteiger partial charge in [0.25, 0.3) is 0 Å². The lowest BCUT2D eigenvalue weighted by Crippen LogP contribution is -2.14. The van der Waals surface area contributed by atoms with E-state index in [0.717, 1.165) is 11.7 Å². The standard InChI is InChI=1S/C10H10N2O2S2/c1-12(6-7-3-2-4-15-7)10-11-5-8(16-10)9(13)14/h2-5H,6H2,1H3,(H,13,14). The van der Waals surface area contributed by atoms with Gasteiger partial charge in [-0.25, -0.2) is 9.78 Å². The molecule has 0 bridgehead atoms. The smallest absolute Gasteiger partial charge is 0.347 e. The van der Waals surface area contributed by atoms with Crippen LogP contribution in [0.3, 0.4) is 0 Å².